The molecule has 4 rings (SSSR count). The first-order chi connectivity index (χ1) is 13.5. The highest BCUT2D eigenvalue weighted by Crippen LogP contribution is 2.32. The summed E-state index contributed by atoms with van der Waals surface area (Å²) in [5, 5.41) is 29.2. The molecule has 1 aliphatic heterocycles. The Morgan fingerprint density at radius 2 is 1.82 bits per heavy atom. The number of nitrogens with zero attached hydrogens (tertiary/aromatic N) is 5. The number of rotatable bonds is 5. The van der Waals surface area contributed by atoms with Crippen LogP contribution in [0.1, 0.15) is 28.4 Å². The Kier molecular flexibility index (Phi) is 4.48. The second kappa shape index (κ2) is 7.10. The normalized spacial score (nSPS) is 16.3. The summed E-state index contributed by atoms with van der Waals surface area (Å²) in [5.74, 6) is -0.730. The fourth-order valence-corrected chi connectivity index (χ4v) is 3.50. The molecule has 2 heterocycles. The molecule has 1 fully saturated rings. The molecular formula is C19H17N5O4. The SMILES string of the molecule is O=C(O)c1nn(-c2ccccc2[N+](=O)[O-])nc1N1CC[C@H](c2ccccc2)C1. The van der Waals surface area contributed by atoms with Crippen molar-refractivity contribution in [3.63, 3.8) is 0 Å². The van der Waals surface area contributed by atoms with E-state index in [0.29, 0.717) is 13.1 Å². The molecule has 9 nitrogen and oxygen atoms in total. The quantitative estimate of drug-likeness (QED) is 0.535. The molecule has 1 atom stereocenters. The lowest BCUT2D eigenvalue weighted by Gasteiger charge is -2.16. The highest BCUT2D eigenvalue weighted by Gasteiger charge is 2.31. The summed E-state index contributed by atoms with van der Waals surface area (Å²) in [6, 6.07) is 16.0. The van der Waals surface area contributed by atoms with Gasteiger partial charge in [-0.1, -0.05) is 42.5 Å². The largest absolute Gasteiger partial charge is 0.476 e. The van der Waals surface area contributed by atoms with Gasteiger partial charge in [-0.25, -0.2) is 4.79 Å². The molecular weight excluding hydrogens is 362 g/mol. The molecule has 1 aliphatic rings. The van der Waals surface area contributed by atoms with Crippen LogP contribution in [0.25, 0.3) is 5.69 Å². The van der Waals surface area contributed by atoms with Crippen LogP contribution in [0.4, 0.5) is 11.5 Å². The van der Waals surface area contributed by atoms with E-state index in [1.54, 1.807) is 6.07 Å². The first-order valence-electron chi connectivity index (χ1n) is 8.79. The zero-order valence-corrected chi connectivity index (χ0v) is 14.8. The van der Waals surface area contributed by atoms with Crippen molar-refractivity contribution in [1.82, 2.24) is 15.0 Å². The van der Waals surface area contributed by atoms with Crippen LogP contribution in [0.3, 0.4) is 0 Å². The third-order valence-electron chi connectivity index (χ3n) is 4.85. The van der Waals surface area contributed by atoms with E-state index in [0.717, 1.165) is 11.2 Å². The minimum Gasteiger partial charge on any atom is -0.476 e. The van der Waals surface area contributed by atoms with Crippen LogP contribution in [0.2, 0.25) is 0 Å². The number of carboxylic acids is 1. The van der Waals surface area contributed by atoms with Crippen molar-refractivity contribution in [2.45, 2.75) is 12.3 Å². The molecule has 3 aromatic rings. The Morgan fingerprint density at radius 1 is 1.11 bits per heavy atom. The summed E-state index contributed by atoms with van der Waals surface area (Å²) >= 11 is 0. The minimum atomic E-state index is -1.22. The number of hydrogen-bond acceptors (Lipinski definition) is 6. The van der Waals surface area contributed by atoms with Crippen molar-refractivity contribution >= 4 is 17.5 Å². The first kappa shape index (κ1) is 17.7. The molecule has 0 bridgehead atoms. The van der Waals surface area contributed by atoms with Gasteiger partial charge in [-0.05, 0) is 18.1 Å². The number of para-hydroxylation sites is 2. The zero-order valence-electron chi connectivity index (χ0n) is 14.8. The molecule has 28 heavy (non-hydrogen) atoms. The number of nitro groups is 1. The fourth-order valence-electron chi connectivity index (χ4n) is 3.50. The van der Waals surface area contributed by atoms with Crippen LogP contribution < -0.4 is 4.90 Å². The molecule has 9 heteroatoms. The van der Waals surface area contributed by atoms with Gasteiger partial charge in [-0.15, -0.1) is 15.0 Å². The van der Waals surface area contributed by atoms with Crippen LogP contribution in [0, 0.1) is 10.1 Å². The maximum atomic E-state index is 11.7. The van der Waals surface area contributed by atoms with Gasteiger partial charge >= 0.3 is 5.97 Å². The molecule has 142 valence electrons. The topological polar surface area (TPSA) is 114 Å². The molecule has 0 aliphatic carbocycles. The summed E-state index contributed by atoms with van der Waals surface area (Å²) in [5.41, 5.74) is 0.907. The summed E-state index contributed by atoms with van der Waals surface area (Å²) in [6.45, 7) is 1.25. The third-order valence-corrected chi connectivity index (χ3v) is 4.85. The van der Waals surface area contributed by atoms with Crippen LogP contribution >= 0.6 is 0 Å². The van der Waals surface area contributed by atoms with Crippen LogP contribution in [0.15, 0.2) is 54.6 Å². The van der Waals surface area contributed by atoms with Gasteiger partial charge in [0.15, 0.2) is 11.5 Å². The maximum Gasteiger partial charge on any atom is 0.360 e. The Balaban J connectivity index is 1.69. The number of aromatic carboxylic acids is 1. The lowest BCUT2D eigenvalue weighted by Crippen LogP contribution is -2.22. The smallest absolute Gasteiger partial charge is 0.360 e. The van der Waals surface area contributed by atoms with E-state index < -0.39 is 10.9 Å². The molecule has 0 saturated carbocycles. The van der Waals surface area contributed by atoms with E-state index in [1.807, 2.05) is 23.1 Å². The van der Waals surface area contributed by atoms with E-state index in [1.165, 1.54) is 23.8 Å². The second-order valence-electron chi connectivity index (χ2n) is 6.55. The highest BCUT2D eigenvalue weighted by molar-refractivity contribution is 5.91. The van der Waals surface area contributed by atoms with Crippen molar-refractivity contribution in [1.29, 1.82) is 0 Å². The summed E-state index contributed by atoms with van der Waals surface area (Å²) in [4.78, 5) is 25.4. The van der Waals surface area contributed by atoms with Crippen molar-refractivity contribution < 1.29 is 14.8 Å². The number of carboxylic acid groups (broad SMARTS) is 1. The number of aromatic nitrogens is 3. The predicted molar refractivity (Wildman–Crippen MR) is 101 cm³/mol. The number of anilines is 1. The second-order valence-corrected chi connectivity index (χ2v) is 6.55. The Morgan fingerprint density at radius 3 is 2.54 bits per heavy atom. The van der Waals surface area contributed by atoms with Crippen LogP contribution in [-0.4, -0.2) is 44.1 Å². The van der Waals surface area contributed by atoms with Gasteiger partial charge in [0.25, 0.3) is 5.69 Å². The Bertz CT molecular complexity index is 1030. The maximum absolute atomic E-state index is 11.7. The van der Waals surface area contributed by atoms with Gasteiger partial charge in [0.2, 0.25) is 5.69 Å². The van der Waals surface area contributed by atoms with Crippen LogP contribution in [-0.2, 0) is 0 Å². The van der Waals surface area contributed by atoms with Crippen molar-refractivity contribution in [3.8, 4) is 5.69 Å². The van der Waals surface area contributed by atoms with Gasteiger partial charge in [-0.3, -0.25) is 10.1 Å². The Labute approximate surface area is 160 Å². The molecule has 1 N–H and O–H groups in total. The number of carbonyl (C=O) groups is 1. The zero-order chi connectivity index (χ0) is 19.7. The van der Waals surface area contributed by atoms with E-state index in [4.69, 9.17) is 0 Å². The predicted octanol–water partition coefficient (Wildman–Crippen LogP) is 2.87. The molecule has 0 unspecified atom stereocenters. The lowest BCUT2D eigenvalue weighted by molar-refractivity contribution is -0.384. The molecule has 0 radical (unpaired) electrons. The summed E-state index contributed by atoms with van der Waals surface area (Å²) in [6.07, 6.45) is 0.863. The van der Waals surface area contributed by atoms with E-state index in [2.05, 4.69) is 22.3 Å². The van der Waals surface area contributed by atoms with Crippen molar-refractivity contribution in [2.75, 3.05) is 18.0 Å². The van der Waals surface area contributed by atoms with Gasteiger partial charge in [-0.2, -0.15) is 0 Å². The standard InChI is InChI=1S/C19H17N5O4/c25-19(26)17-18(22-11-10-14(12-22)13-6-2-1-3-7-13)21-23(20-17)15-8-4-5-9-16(15)24(27)28/h1-9,14H,10-12H2,(H,25,26)/t14-/m0/s1. The number of nitro benzene ring substituents is 1. The fraction of sp³-hybridized carbons (Fsp3) is 0.211. The number of hydrogen-bond donors (Lipinski definition) is 1. The van der Waals surface area contributed by atoms with E-state index in [-0.39, 0.29) is 28.8 Å². The van der Waals surface area contributed by atoms with Gasteiger partial charge < -0.3 is 10.0 Å². The molecule has 0 spiro atoms. The average molecular weight is 379 g/mol. The summed E-state index contributed by atoms with van der Waals surface area (Å²) in [7, 11) is 0. The molecule has 2 aromatic carbocycles. The van der Waals surface area contributed by atoms with E-state index >= 15 is 0 Å². The number of benzene rings is 2. The van der Waals surface area contributed by atoms with Gasteiger partial charge in [0.1, 0.15) is 0 Å². The molecule has 1 aromatic heterocycles. The van der Waals surface area contributed by atoms with Crippen molar-refractivity contribution in [2.24, 2.45) is 0 Å². The summed E-state index contributed by atoms with van der Waals surface area (Å²) < 4.78 is 0. The third kappa shape index (κ3) is 3.18. The Hall–Kier alpha value is -3.75. The minimum absolute atomic E-state index is 0.125. The molecule has 1 saturated heterocycles. The molecule has 0 amide bonds. The first-order valence-corrected chi connectivity index (χ1v) is 8.79. The van der Waals surface area contributed by atoms with Gasteiger partial charge in [0, 0.05) is 25.1 Å². The van der Waals surface area contributed by atoms with Crippen LogP contribution in [0.5, 0.6) is 0 Å². The van der Waals surface area contributed by atoms with Gasteiger partial charge in [0.05, 0.1) is 4.92 Å². The highest BCUT2D eigenvalue weighted by atomic mass is 16.6. The monoisotopic (exact) mass is 379 g/mol. The van der Waals surface area contributed by atoms with Crippen molar-refractivity contribution in [3.05, 3.63) is 76.0 Å². The average Bonchev–Trinajstić information content (AvgIpc) is 3.36. The lowest BCUT2D eigenvalue weighted by atomic mass is 9.99. The van der Waals surface area contributed by atoms with E-state index in [9.17, 15) is 20.0 Å².